The number of nitrogens with zero attached hydrogens (tertiary/aromatic N) is 1. The van der Waals surface area contributed by atoms with Gasteiger partial charge in [-0.1, -0.05) is 6.92 Å². The number of carboxylic acids is 1. The summed E-state index contributed by atoms with van der Waals surface area (Å²) in [5.74, 6) is -1.14. The lowest BCUT2D eigenvalue weighted by Gasteiger charge is -2.15. The lowest BCUT2D eigenvalue weighted by Crippen LogP contribution is -2.48. The highest BCUT2D eigenvalue weighted by Crippen LogP contribution is 1.99. The predicted octanol–water partition coefficient (Wildman–Crippen LogP) is -0.0372. The van der Waals surface area contributed by atoms with Crippen LogP contribution in [0.15, 0.2) is 0 Å². The quantitative estimate of drug-likeness (QED) is 0.580. The molecule has 0 bridgehead atoms. The summed E-state index contributed by atoms with van der Waals surface area (Å²) in [4.78, 5) is 10.4. The van der Waals surface area contributed by atoms with Crippen LogP contribution in [0.3, 0.4) is 0 Å². The molecule has 1 unspecified atom stereocenters. The second-order valence-electron chi connectivity index (χ2n) is 2.07. The average Bonchev–Trinajstić information content (AvgIpc) is 1.88. The van der Waals surface area contributed by atoms with E-state index in [1.54, 1.807) is 13.0 Å². The second kappa shape index (κ2) is 3.18. The maximum atomic E-state index is 10.4. The SMILES string of the molecule is CCNC(C)(C#N)C(=O)O. The molecule has 0 rings (SSSR count). The summed E-state index contributed by atoms with van der Waals surface area (Å²) in [5, 5.41) is 19.4. The minimum atomic E-state index is -1.44. The van der Waals surface area contributed by atoms with E-state index < -0.39 is 11.5 Å². The Bertz CT molecular complexity index is 173. The second-order valence-corrected chi connectivity index (χ2v) is 2.07. The monoisotopic (exact) mass is 142 g/mol. The first-order valence-electron chi connectivity index (χ1n) is 2.96. The zero-order chi connectivity index (χ0) is 8.20. The van der Waals surface area contributed by atoms with Crippen molar-refractivity contribution in [2.24, 2.45) is 0 Å². The number of rotatable bonds is 3. The van der Waals surface area contributed by atoms with Crippen molar-refractivity contribution in [1.82, 2.24) is 5.32 Å². The van der Waals surface area contributed by atoms with Crippen molar-refractivity contribution < 1.29 is 9.90 Å². The van der Waals surface area contributed by atoms with Crippen LogP contribution in [0.25, 0.3) is 0 Å². The number of carboxylic acid groups (broad SMARTS) is 1. The van der Waals surface area contributed by atoms with Gasteiger partial charge in [0, 0.05) is 0 Å². The van der Waals surface area contributed by atoms with Gasteiger partial charge in [-0.05, 0) is 13.5 Å². The fraction of sp³-hybridized carbons (Fsp3) is 0.667. The van der Waals surface area contributed by atoms with Gasteiger partial charge in [0.05, 0.1) is 6.07 Å². The van der Waals surface area contributed by atoms with Crippen LogP contribution < -0.4 is 5.32 Å². The number of likely N-dealkylation sites (N-methyl/N-ethyl adjacent to an activating group) is 1. The highest BCUT2D eigenvalue weighted by atomic mass is 16.4. The summed E-state index contributed by atoms with van der Waals surface area (Å²) in [6.07, 6.45) is 0. The van der Waals surface area contributed by atoms with Crippen molar-refractivity contribution in [3.05, 3.63) is 0 Å². The minimum Gasteiger partial charge on any atom is -0.479 e. The molecule has 0 saturated heterocycles. The molecule has 0 aliphatic heterocycles. The lowest BCUT2D eigenvalue weighted by atomic mass is 10.1. The van der Waals surface area contributed by atoms with Crippen molar-refractivity contribution in [3.8, 4) is 6.07 Å². The zero-order valence-electron chi connectivity index (χ0n) is 6.01. The summed E-state index contributed by atoms with van der Waals surface area (Å²) < 4.78 is 0. The summed E-state index contributed by atoms with van der Waals surface area (Å²) in [5.41, 5.74) is -1.44. The molecule has 2 N–H and O–H groups in total. The first-order valence-corrected chi connectivity index (χ1v) is 2.96. The number of nitriles is 1. The Kier molecular flexibility index (Phi) is 2.84. The third kappa shape index (κ3) is 1.71. The smallest absolute Gasteiger partial charge is 0.338 e. The molecule has 0 aliphatic rings. The number of hydrogen-bond donors (Lipinski definition) is 2. The molecular formula is C6H10N2O2. The molecule has 0 aromatic heterocycles. The zero-order valence-corrected chi connectivity index (χ0v) is 6.01. The molecule has 0 amide bonds. The fourth-order valence-electron chi connectivity index (χ4n) is 0.517. The molecule has 1 atom stereocenters. The van der Waals surface area contributed by atoms with E-state index >= 15 is 0 Å². The molecule has 56 valence electrons. The van der Waals surface area contributed by atoms with Gasteiger partial charge in [-0.25, -0.2) is 4.79 Å². The highest BCUT2D eigenvalue weighted by molar-refractivity contribution is 5.81. The fourth-order valence-corrected chi connectivity index (χ4v) is 0.517. The Hall–Kier alpha value is -1.08. The van der Waals surface area contributed by atoms with Crippen LogP contribution in [0.4, 0.5) is 0 Å². The molecule has 0 radical (unpaired) electrons. The minimum absolute atomic E-state index is 0.469. The van der Waals surface area contributed by atoms with E-state index in [0.29, 0.717) is 6.54 Å². The standard InChI is InChI=1S/C6H10N2O2/c1-3-8-6(2,4-7)5(9)10/h8H,3H2,1-2H3,(H,9,10). The molecular weight excluding hydrogens is 132 g/mol. The lowest BCUT2D eigenvalue weighted by molar-refractivity contribution is -0.141. The van der Waals surface area contributed by atoms with Gasteiger partial charge < -0.3 is 5.11 Å². The number of aliphatic carboxylic acids is 1. The summed E-state index contributed by atoms with van der Waals surface area (Å²) >= 11 is 0. The highest BCUT2D eigenvalue weighted by Gasteiger charge is 2.31. The summed E-state index contributed by atoms with van der Waals surface area (Å²) in [6, 6.07) is 1.67. The Balaban J connectivity index is 4.27. The van der Waals surface area contributed by atoms with E-state index in [2.05, 4.69) is 5.32 Å². The van der Waals surface area contributed by atoms with Crippen molar-refractivity contribution in [2.75, 3.05) is 6.54 Å². The Morgan fingerprint density at radius 1 is 1.90 bits per heavy atom. The van der Waals surface area contributed by atoms with E-state index in [1.807, 2.05) is 0 Å². The van der Waals surface area contributed by atoms with E-state index in [1.165, 1.54) is 6.92 Å². The van der Waals surface area contributed by atoms with Crippen LogP contribution >= 0.6 is 0 Å². The van der Waals surface area contributed by atoms with Crippen molar-refractivity contribution in [2.45, 2.75) is 19.4 Å². The summed E-state index contributed by atoms with van der Waals surface area (Å²) in [6.45, 7) is 3.55. The number of carbonyl (C=O) groups is 1. The predicted molar refractivity (Wildman–Crippen MR) is 35.3 cm³/mol. The first-order chi connectivity index (χ1) is 4.56. The number of nitrogens with one attached hydrogen (secondary N) is 1. The average molecular weight is 142 g/mol. The Labute approximate surface area is 59.5 Å². The van der Waals surface area contributed by atoms with Gasteiger partial charge in [0.25, 0.3) is 0 Å². The van der Waals surface area contributed by atoms with E-state index in [9.17, 15) is 4.79 Å². The maximum absolute atomic E-state index is 10.4. The van der Waals surface area contributed by atoms with Gasteiger partial charge >= 0.3 is 5.97 Å². The third-order valence-electron chi connectivity index (χ3n) is 1.18. The molecule has 0 fully saturated rings. The maximum Gasteiger partial charge on any atom is 0.338 e. The van der Waals surface area contributed by atoms with Gasteiger partial charge in [0.2, 0.25) is 5.54 Å². The largest absolute Gasteiger partial charge is 0.479 e. The Morgan fingerprint density at radius 3 is 2.50 bits per heavy atom. The van der Waals surface area contributed by atoms with Gasteiger partial charge in [-0.3, -0.25) is 5.32 Å². The van der Waals surface area contributed by atoms with Crippen LogP contribution in [0.2, 0.25) is 0 Å². The summed E-state index contributed by atoms with van der Waals surface area (Å²) in [7, 11) is 0. The van der Waals surface area contributed by atoms with E-state index in [0.717, 1.165) is 0 Å². The first kappa shape index (κ1) is 8.92. The van der Waals surface area contributed by atoms with Crippen LogP contribution in [0.5, 0.6) is 0 Å². The van der Waals surface area contributed by atoms with Gasteiger partial charge in [-0.15, -0.1) is 0 Å². The molecule has 0 aliphatic carbocycles. The van der Waals surface area contributed by atoms with Gasteiger partial charge in [0.15, 0.2) is 0 Å². The molecule has 10 heavy (non-hydrogen) atoms. The molecule has 0 spiro atoms. The van der Waals surface area contributed by atoms with Crippen molar-refractivity contribution in [3.63, 3.8) is 0 Å². The molecule has 0 aromatic carbocycles. The van der Waals surface area contributed by atoms with Crippen LogP contribution in [-0.2, 0) is 4.79 Å². The van der Waals surface area contributed by atoms with Crippen LogP contribution in [0.1, 0.15) is 13.8 Å². The molecule has 0 heterocycles. The molecule has 4 heteroatoms. The Morgan fingerprint density at radius 2 is 2.40 bits per heavy atom. The molecule has 0 saturated carbocycles. The molecule has 4 nitrogen and oxygen atoms in total. The van der Waals surface area contributed by atoms with Crippen LogP contribution in [0, 0.1) is 11.3 Å². The van der Waals surface area contributed by atoms with Gasteiger partial charge in [-0.2, -0.15) is 5.26 Å². The molecule has 0 aromatic rings. The van der Waals surface area contributed by atoms with Crippen molar-refractivity contribution >= 4 is 5.97 Å². The topological polar surface area (TPSA) is 73.1 Å². The normalized spacial score (nSPS) is 15.3. The van der Waals surface area contributed by atoms with E-state index in [-0.39, 0.29) is 0 Å². The van der Waals surface area contributed by atoms with Crippen LogP contribution in [-0.4, -0.2) is 23.2 Å². The van der Waals surface area contributed by atoms with E-state index in [4.69, 9.17) is 10.4 Å². The van der Waals surface area contributed by atoms with Gasteiger partial charge in [0.1, 0.15) is 0 Å². The third-order valence-corrected chi connectivity index (χ3v) is 1.18. The van der Waals surface area contributed by atoms with Crippen molar-refractivity contribution in [1.29, 1.82) is 5.26 Å². The number of hydrogen-bond acceptors (Lipinski definition) is 3.